The summed E-state index contributed by atoms with van der Waals surface area (Å²) < 4.78 is 35.6. The van der Waals surface area contributed by atoms with E-state index in [-0.39, 0.29) is 6.54 Å². The molecule has 0 saturated heterocycles. The minimum atomic E-state index is -4.23. The van der Waals surface area contributed by atoms with Crippen molar-refractivity contribution in [1.82, 2.24) is 0 Å². The topological polar surface area (TPSA) is 26.0 Å². The second-order valence-electron chi connectivity index (χ2n) is 2.56. The lowest BCUT2D eigenvalue weighted by molar-refractivity contribution is -0.0912. The first kappa shape index (κ1) is 11.2. The van der Waals surface area contributed by atoms with Gasteiger partial charge in [-0.3, -0.25) is 0 Å². The van der Waals surface area contributed by atoms with Gasteiger partial charge in [-0.15, -0.1) is 0 Å². The second kappa shape index (κ2) is 4.30. The van der Waals surface area contributed by atoms with Crippen LogP contribution in [-0.2, 0) is 0 Å². The minimum Gasteiger partial charge on any atom is -0.327 e. The molecule has 0 rings (SSSR count). The first-order chi connectivity index (χ1) is 5.38. The molecular weight excluding hydrogens is 167 g/mol. The van der Waals surface area contributed by atoms with E-state index in [1.807, 2.05) is 0 Å². The van der Waals surface area contributed by atoms with Crippen molar-refractivity contribution in [3.63, 3.8) is 0 Å². The predicted octanol–water partition coefficient (Wildman–Crippen LogP) is 2.40. The summed E-state index contributed by atoms with van der Waals surface area (Å²) in [4.78, 5) is 0. The zero-order valence-electron chi connectivity index (χ0n) is 7.07. The molecule has 0 radical (unpaired) electrons. The molecule has 4 heteroatoms. The summed E-state index contributed by atoms with van der Waals surface area (Å²) in [5, 5.41) is 0. The van der Waals surface area contributed by atoms with Crippen molar-refractivity contribution in [2.45, 2.75) is 20.0 Å². The summed E-state index contributed by atoms with van der Waals surface area (Å²) in [6.45, 7) is 2.99. The highest BCUT2D eigenvalue weighted by Crippen LogP contribution is 2.24. The fourth-order valence-electron chi connectivity index (χ4n) is 0.430. The van der Waals surface area contributed by atoms with Gasteiger partial charge in [0.15, 0.2) is 0 Å². The summed E-state index contributed by atoms with van der Waals surface area (Å²) >= 11 is 0. The average Bonchev–Trinajstić information content (AvgIpc) is 1.97. The highest BCUT2D eigenvalue weighted by molar-refractivity contribution is 5.18. The molecule has 0 aromatic carbocycles. The van der Waals surface area contributed by atoms with Gasteiger partial charge in [0.25, 0.3) is 0 Å². The monoisotopic (exact) mass is 179 g/mol. The van der Waals surface area contributed by atoms with Crippen molar-refractivity contribution in [3.05, 3.63) is 23.3 Å². The third-order valence-electron chi connectivity index (χ3n) is 1.39. The van der Waals surface area contributed by atoms with Gasteiger partial charge in [0, 0.05) is 12.1 Å². The predicted molar refractivity (Wildman–Crippen MR) is 42.6 cm³/mol. The Morgan fingerprint density at radius 1 is 1.25 bits per heavy atom. The van der Waals surface area contributed by atoms with E-state index >= 15 is 0 Å². The van der Waals surface area contributed by atoms with Gasteiger partial charge < -0.3 is 5.73 Å². The van der Waals surface area contributed by atoms with Gasteiger partial charge in [0.1, 0.15) is 0 Å². The number of rotatable bonds is 2. The largest absolute Gasteiger partial charge is 0.412 e. The summed E-state index contributed by atoms with van der Waals surface area (Å²) in [7, 11) is 0. The normalized spacial score (nSPS) is 15.2. The van der Waals surface area contributed by atoms with Crippen molar-refractivity contribution < 1.29 is 13.2 Å². The van der Waals surface area contributed by atoms with E-state index in [1.165, 1.54) is 6.08 Å². The SMILES string of the molecule is C/C(=C/C=C(\C)C(F)(F)F)CN. The van der Waals surface area contributed by atoms with Crippen LogP contribution in [0.5, 0.6) is 0 Å². The van der Waals surface area contributed by atoms with Crippen molar-refractivity contribution in [3.8, 4) is 0 Å². The number of halogens is 3. The van der Waals surface area contributed by atoms with E-state index in [4.69, 9.17) is 5.73 Å². The molecule has 0 aliphatic carbocycles. The summed E-state index contributed by atoms with van der Waals surface area (Å²) in [6.07, 6.45) is -1.82. The Morgan fingerprint density at radius 3 is 2.08 bits per heavy atom. The van der Waals surface area contributed by atoms with Crippen molar-refractivity contribution in [1.29, 1.82) is 0 Å². The lowest BCUT2D eigenvalue weighted by Gasteiger charge is -2.04. The van der Waals surface area contributed by atoms with Crippen LogP contribution < -0.4 is 5.73 Å². The van der Waals surface area contributed by atoms with Crippen LogP contribution in [-0.4, -0.2) is 12.7 Å². The lowest BCUT2D eigenvalue weighted by Crippen LogP contribution is -2.08. The highest BCUT2D eigenvalue weighted by Gasteiger charge is 2.29. The van der Waals surface area contributed by atoms with Crippen LogP contribution in [0.4, 0.5) is 13.2 Å². The van der Waals surface area contributed by atoms with Gasteiger partial charge in [-0.1, -0.05) is 17.7 Å². The van der Waals surface area contributed by atoms with Gasteiger partial charge in [0.2, 0.25) is 0 Å². The lowest BCUT2D eigenvalue weighted by atomic mass is 10.2. The fourth-order valence-corrected chi connectivity index (χ4v) is 0.430. The number of alkyl halides is 3. The van der Waals surface area contributed by atoms with E-state index in [2.05, 4.69) is 0 Å². The number of allylic oxidation sites excluding steroid dienone is 3. The number of hydrogen-bond acceptors (Lipinski definition) is 1. The molecule has 0 saturated carbocycles. The van der Waals surface area contributed by atoms with Crippen LogP contribution in [0.15, 0.2) is 23.3 Å². The van der Waals surface area contributed by atoms with Crippen molar-refractivity contribution in [2.75, 3.05) is 6.54 Å². The Hall–Kier alpha value is -0.770. The quantitative estimate of drug-likeness (QED) is 0.647. The molecule has 0 bridgehead atoms. The first-order valence-electron chi connectivity index (χ1n) is 3.49. The summed E-state index contributed by atoms with van der Waals surface area (Å²) in [5.41, 5.74) is 5.29. The second-order valence-corrected chi connectivity index (χ2v) is 2.56. The zero-order valence-corrected chi connectivity index (χ0v) is 7.07. The van der Waals surface area contributed by atoms with E-state index in [9.17, 15) is 13.2 Å². The molecule has 0 aliphatic heterocycles. The van der Waals surface area contributed by atoms with Crippen molar-refractivity contribution >= 4 is 0 Å². The number of nitrogens with two attached hydrogens (primary N) is 1. The molecule has 70 valence electrons. The average molecular weight is 179 g/mol. The number of hydrogen-bond donors (Lipinski definition) is 1. The van der Waals surface area contributed by atoms with Crippen LogP contribution in [0.1, 0.15) is 13.8 Å². The van der Waals surface area contributed by atoms with E-state index in [0.717, 1.165) is 18.6 Å². The van der Waals surface area contributed by atoms with Gasteiger partial charge in [-0.25, -0.2) is 0 Å². The van der Waals surface area contributed by atoms with E-state index < -0.39 is 11.7 Å². The maximum absolute atomic E-state index is 11.9. The third kappa shape index (κ3) is 4.18. The van der Waals surface area contributed by atoms with Crippen LogP contribution in [0, 0.1) is 0 Å². The molecule has 0 fully saturated rings. The molecule has 0 unspecified atom stereocenters. The molecule has 0 aromatic heterocycles. The molecule has 0 atom stereocenters. The summed E-state index contributed by atoms with van der Waals surface area (Å²) in [6, 6.07) is 0. The van der Waals surface area contributed by atoms with Gasteiger partial charge in [0.05, 0.1) is 0 Å². The molecule has 12 heavy (non-hydrogen) atoms. The van der Waals surface area contributed by atoms with Crippen LogP contribution >= 0.6 is 0 Å². The first-order valence-corrected chi connectivity index (χ1v) is 3.49. The maximum Gasteiger partial charge on any atom is 0.412 e. The third-order valence-corrected chi connectivity index (χ3v) is 1.39. The van der Waals surface area contributed by atoms with Crippen LogP contribution in [0.25, 0.3) is 0 Å². The Bertz CT molecular complexity index is 201. The van der Waals surface area contributed by atoms with Gasteiger partial charge in [-0.05, 0) is 13.8 Å². The fraction of sp³-hybridized carbons (Fsp3) is 0.500. The van der Waals surface area contributed by atoms with E-state index in [1.54, 1.807) is 6.92 Å². The molecule has 0 aliphatic rings. The van der Waals surface area contributed by atoms with Gasteiger partial charge >= 0.3 is 6.18 Å². The molecular formula is C8H12F3N. The van der Waals surface area contributed by atoms with Crippen LogP contribution in [0.2, 0.25) is 0 Å². The zero-order chi connectivity index (χ0) is 9.78. The molecule has 0 aromatic rings. The van der Waals surface area contributed by atoms with E-state index in [0.29, 0.717) is 0 Å². The molecule has 2 N–H and O–H groups in total. The standard InChI is InChI=1S/C8H12F3N/c1-6(5-12)3-4-7(2)8(9,10)11/h3-4H,5,12H2,1-2H3/b6-3-,7-4+. The molecule has 0 spiro atoms. The Kier molecular flexibility index (Phi) is 4.03. The molecule has 0 amide bonds. The summed E-state index contributed by atoms with van der Waals surface area (Å²) in [5.74, 6) is 0. The Labute approximate surface area is 69.8 Å². The van der Waals surface area contributed by atoms with Crippen molar-refractivity contribution in [2.24, 2.45) is 5.73 Å². The molecule has 1 nitrogen and oxygen atoms in total. The minimum absolute atomic E-state index is 0.279. The Balaban J connectivity index is 4.39. The van der Waals surface area contributed by atoms with Crippen LogP contribution in [0.3, 0.4) is 0 Å². The smallest absolute Gasteiger partial charge is 0.327 e. The molecule has 0 heterocycles. The Morgan fingerprint density at radius 2 is 1.75 bits per heavy atom. The highest BCUT2D eigenvalue weighted by atomic mass is 19.4. The van der Waals surface area contributed by atoms with Gasteiger partial charge in [-0.2, -0.15) is 13.2 Å². The maximum atomic E-state index is 11.9.